The molecular weight excluding hydrogens is 396 g/mol. The van der Waals surface area contributed by atoms with Gasteiger partial charge in [-0.15, -0.1) is 0 Å². The van der Waals surface area contributed by atoms with Crippen LogP contribution >= 0.6 is 0 Å². The monoisotopic (exact) mass is 418 g/mol. The van der Waals surface area contributed by atoms with Gasteiger partial charge in [-0.05, 0) is 31.1 Å². The van der Waals surface area contributed by atoms with E-state index in [1.165, 1.54) is 17.6 Å². The molecule has 0 bridgehead atoms. The van der Waals surface area contributed by atoms with Gasteiger partial charge in [-0.1, -0.05) is 6.08 Å². The summed E-state index contributed by atoms with van der Waals surface area (Å²) in [4.78, 5) is 25.1. The molecule has 11 heteroatoms. The van der Waals surface area contributed by atoms with Crippen molar-refractivity contribution in [2.75, 3.05) is 37.0 Å². The molecule has 154 valence electrons. The van der Waals surface area contributed by atoms with E-state index in [2.05, 4.69) is 20.3 Å². The van der Waals surface area contributed by atoms with Crippen molar-refractivity contribution in [1.29, 1.82) is 0 Å². The van der Waals surface area contributed by atoms with Crippen molar-refractivity contribution in [3.63, 3.8) is 0 Å². The number of pyridine rings is 1. The Morgan fingerprint density at radius 1 is 1.38 bits per heavy atom. The van der Waals surface area contributed by atoms with Gasteiger partial charge >= 0.3 is 0 Å². The number of nitrogens with two attached hydrogens (primary N) is 1. The molecule has 2 aromatic heterocycles. The highest BCUT2D eigenvalue weighted by atomic mass is 32.2. The molecule has 0 spiro atoms. The van der Waals surface area contributed by atoms with Crippen molar-refractivity contribution < 1.29 is 17.9 Å². The van der Waals surface area contributed by atoms with Crippen LogP contribution in [0.2, 0.25) is 0 Å². The van der Waals surface area contributed by atoms with Gasteiger partial charge in [0.1, 0.15) is 5.69 Å². The van der Waals surface area contributed by atoms with Gasteiger partial charge in [0.2, 0.25) is 15.9 Å². The molecule has 0 fully saturated rings. The maximum Gasteiger partial charge on any atom is 0.278 e. The second-order valence-electron chi connectivity index (χ2n) is 6.24. The normalized spacial score (nSPS) is 14.9. The molecule has 0 saturated heterocycles. The van der Waals surface area contributed by atoms with Crippen molar-refractivity contribution in [2.45, 2.75) is 13.3 Å². The fourth-order valence-corrected chi connectivity index (χ4v) is 3.90. The summed E-state index contributed by atoms with van der Waals surface area (Å²) in [6, 6.07) is 3.30. The van der Waals surface area contributed by atoms with Crippen molar-refractivity contribution in [1.82, 2.24) is 19.3 Å². The highest BCUT2D eigenvalue weighted by Gasteiger charge is 2.24. The van der Waals surface area contributed by atoms with Gasteiger partial charge in [-0.3, -0.25) is 4.79 Å². The van der Waals surface area contributed by atoms with Crippen molar-refractivity contribution in [2.24, 2.45) is 0 Å². The minimum atomic E-state index is -3.25. The minimum Gasteiger partial charge on any atom is -0.480 e. The number of methoxy groups -OCH3 is 1. The lowest BCUT2D eigenvalue weighted by Crippen LogP contribution is -2.35. The van der Waals surface area contributed by atoms with Gasteiger partial charge < -0.3 is 15.8 Å². The van der Waals surface area contributed by atoms with E-state index in [4.69, 9.17) is 10.5 Å². The number of nitrogens with zero attached hydrogens (tertiary/aromatic N) is 4. The number of aromatic nitrogens is 3. The third kappa shape index (κ3) is 4.51. The van der Waals surface area contributed by atoms with Crippen LogP contribution in [0.25, 0.3) is 5.57 Å². The highest BCUT2D eigenvalue weighted by Crippen LogP contribution is 2.24. The van der Waals surface area contributed by atoms with E-state index in [9.17, 15) is 13.2 Å². The second-order valence-corrected chi connectivity index (χ2v) is 8.50. The van der Waals surface area contributed by atoms with Crippen LogP contribution in [0.15, 0.2) is 30.6 Å². The van der Waals surface area contributed by atoms with Crippen LogP contribution in [0.3, 0.4) is 0 Å². The Morgan fingerprint density at radius 3 is 2.83 bits per heavy atom. The van der Waals surface area contributed by atoms with Crippen LogP contribution in [0.5, 0.6) is 5.88 Å². The number of carbonyl (C=O) groups excluding carboxylic acids is 1. The molecule has 0 unspecified atom stereocenters. The molecule has 0 atom stereocenters. The van der Waals surface area contributed by atoms with E-state index in [0.29, 0.717) is 24.3 Å². The molecule has 29 heavy (non-hydrogen) atoms. The van der Waals surface area contributed by atoms with Gasteiger partial charge in [0.05, 0.1) is 24.8 Å². The first-order chi connectivity index (χ1) is 13.9. The molecule has 1 aliphatic heterocycles. The molecule has 10 nitrogen and oxygen atoms in total. The van der Waals surface area contributed by atoms with Crippen LogP contribution < -0.4 is 15.8 Å². The Morgan fingerprint density at radius 2 is 2.17 bits per heavy atom. The van der Waals surface area contributed by atoms with E-state index in [-0.39, 0.29) is 29.7 Å². The third-order valence-electron chi connectivity index (χ3n) is 4.49. The standard InChI is InChI=1S/C18H22N6O4S/c1-3-29(26,27)24-9-6-12(7-10-24)14-11-21-16(19)15(22-14)17(25)23-13-5-4-8-20-18(13)28-2/h4-6,8,11H,3,7,9-10H2,1-2H3,(H2,19,21)(H,23,25). The number of nitrogen functional groups attached to an aromatic ring is 1. The van der Waals surface area contributed by atoms with Crippen LogP contribution in [0.4, 0.5) is 11.5 Å². The van der Waals surface area contributed by atoms with E-state index in [1.54, 1.807) is 31.3 Å². The predicted octanol–water partition coefficient (Wildman–Crippen LogP) is 1.15. The van der Waals surface area contributed by atoms with Gasteiger partial charge in [-0.2, -0.15) is 4.31 Å². The highest BCUT2D eigenvalue weighted by molar-refractivity contribution is 7.89. The lowest BCUT2D eigenvalue weighted by molar-refractivity contribution is 0.102. The fourth-order valence-electron chi connectivity index (χ4n) is 2.87. The largest absolute Gasteiger partial charge is 0.480 e. The predicted molar refractivity (Wildman–Crippen MR) is 109 cm³/mol. The number of sulfonamides is 1. The van der Waals surface area contributed by atoms with Crippen LogP contribution in [-0.2, 0) is 10.0 Å². The molecule has 3 rings (SSSR count). The molecular formula is C18H22N6O4S. The Hall–Kier alpha value is -3.05. The van der Waals surface area contributed by atoms with E-state index in [0.717, 1.165) is 5.57 Å². The molecule has 2 aromatic rings. The fraction of sp³-hybridized carbons (Fsp3) is 0.333. The second kappa shape index (κ2) is 8.53. The summed E-state index contributed by atoms with van der Waals surface area (Å²) in [6.07, 6.45) is 5.27. The summed E-state index contributed by atoms with van der Waals surface area (Å²) in [6.45, 7) is 2.22. The van der Waals surface area contributed by atoms with Gasteiger partial charge in [0.15, 0.2) is 11.5 Å². The molecule has 1 aliphatic rings. The molecule has 0 aliphatic carbocycles. The maximum absolute atomic E-state index is 12.7. The number of anilines is 2. The smallest absolute Gasteiger partial charge is 0.278 e. The van der Waals surface area contributed by atoms with E-state index in [1.807, 2.05) is 0 Å². The average Bonchev–Trinajstić information content (AvgIpc) is 2.74. The van der Waals surface area contributed by atoms with E-state index < -0.39 is 15.9 Å². The molecule has 1 amide bonds. The Labute approximate surface area is 168 Å². The van der Waals surface area contributed by atoms with Crippen molar-refractivity contribution >= 4 is 33.0 Å². The van der Waals surface area contributed by atoms with E-state index >= 15 is 0 Å². The lowest BCUT2D eigenvalue weighted by Gasteiger charge is -2.25. The van der Waals surface area contributed by atoms with Crippen molar-refractivity contribution in [3.05, 3.63) is 42.0 Å². The van der Waals surface area contributed by atoms with Gasteiger partial charge in [0.25, 0.3) is 5.91 Å². The van der Waals surface area contributed by atoms with Crippen LogP contribution in [0.1, 0.15) is 29.5 Å². The van der Waals surface area contributed by atoms with Gasteiger partial charge in [-0.25, -0.2) is 23.4 Å². The number of nitrogens with one attached hydrogen (secondary N) is 1. The molecule has 3 N–H and O–H groups in total. The summed E-state index contributed by atoms with van der Waals surface area (Å²) >= 11 is 0. The topological polar surface area (TPSA) is 140 Å². The summed E-state index contributed by atoms with van der Waals surface area (Å²) < 4.78 is 30.5. The number of hydrogen-bond donors (Lipinski definition) is 2. The number of rotatable bonds is 6. The maximum atomic E-state index is 12.7. The Kier molecular flexibility index (Phi) is 6.09. The summed E-state index contributed by atoms with van der Waals surface area (Å²) in [5, 5.41) is 2.67. The van der Waals surface area contributed by atoms with Crippen LogP contribution in [-0.4, -0.2) is 59.5 Å². The molecule has 0 aromatic carbocycles. The zero-order valence-corrected chi connectivity index (χ0v) is 16.9. The lowest BCUT2D eigenvalue weighted by atomic mass is 10.1. The van der Waals surface area contributed by atoms with Gasteiger partial charge in [0, 0.05) is 19.3 Å². The molecule has 0 radical (unpaired) electrons. The molecule has 0 saturated carbocycles. The quantitative estimate of drug-likeness (QED) is 0.712. The number of ether oxygens (including phenoxy) is 1. The van der Waals surface area contributed by atoms with Crippen LogP contribution in [0, 0.1) is 0 Å². The number of hydrogen-bond acceptors (Lipinski definition) is 8. The summed E-state index contributed by atoms with van der Waals surface area (Å²) in [7, 11) is -1.80. The number of carbonyl (C=O) groups is 1. The molecule has 3 heterocycles. The minimum absolute atomic E-state index is 0.0132. The first-order valence-corrected chi connectivity index (χ1v) is 10.6. The summed E-state index contributed by atoms with van der Waals surface area (Å²) in [5.74, 6) is -0.244. The van der Waals surface area contributed by atoms with Crippen molar-refractivity contribution in [3.8, 4) is 5.88 Å². The third-order valence-corrected chi connectivity index (χ3v) is 6.34. The SMILES string of the molecule is CCS(=O)(=O)N1CC=C(c2cnc(N)c(C(=O)Nc3cccnc3OC)n2)CC1. The number of amides is 1. The zero-order chi connectivity index (χ0) is 21.0. The summed E-state index contributed by atoms with van der Waals surface area (Å²) in [5.41, 5.74) is 7.50. The Bertz CT molecular complexity index is 1050. The Balaban J connectivity index is 1.83. The zero-order valence-electron chi connectivity index (χ0n) is 16.1. The first kappa shape index (κ1) is 20.7. The first-order valence-electron chi connectivity index (χ1n) is 8.95. The average molecular weight is 418 g/mol.